The Hall–Kier alpha value is -1.52. The van der Waals surface area contributed by atoms with Crippen LogP contribution in [0.5, 0.6) is 0 Å². The minimum absolute atomic E-state index is 0.555. The summed E-state index contributed by atoms with van der Waals surface area (Å²) in [5, 5.41) is 6.99. The second-order valence-corrected chi connectivity index (χ2v) is 7.09. The number of rotatable bonds is 6. The zero-order valence-electron chi connectivity index (χ0n) is 15.2. The standard InChI is InChI=1S/C18H33N5/c1-5-15-6-8-16(9-7-15)22-18(19-4)21-12-17-20-10-11-23(17)13-14(2)3/h10-11,14-16H,5-9,12-13H2,1-4H3,(H2,19,21,22). The van der Waals surface area contributed by atoms with Crippen molar-refractivity contribution >= 4 is 5.96 Å². The first-order valence-corrected chi connectivity index (χ1v) is 9.09. The van der Waals surface area contributed by atoms with Gasteiger partial charge in [-0.05, 0) is 37.5 Å². The molecular weight excluding hydrogens is 286 g/mol. The quantitative estimate of drug-likeness (QED) is 0.625. The van der Waals surface area contributed by atoms with E-state index in [-0.39, 0.29) is 0 Å². The predicted molar refractivity (Wildman–Crippen MR) is 96.4 cm³/mol. The Morgan fingerprint density at radius 1 is 1.35 bits per heavy atom. The van der Waals surface area contributed by atoms with Gasteiger partial charge in [0.2, 0.25) is 0 Å². The molecule has 2 N–H and O–H groups in total. The Bertz CT molecular complexity index is 483. The van der Waals surface area contributed by atoms with Crippen LogP contribution in [0.2, 0.25) is 0 Å². The molecule has 5 heteroatoms. The molecule has 1 fully saturated rings. The molecule has 1 heterocycles. The summed E-state index contributed by atoms with van der Waals surface area (Å²) in [4.78, 5) is 8.83. The molecular formula is C18H33N5. The molecule has 1 aromatic heterocycles. The summed E-state index contributed by atoms with van der Waals surface area (Å²) in [6.45, 7) is 8.47. The molecule has 5 nitrogen and oxygen atoms in total. The van der Waals surface area contributed by atoms with E-state index in [2.05, 4.69) is 52.1 Å². The first-order valence-electron chi connectivity index (χ1n) is 9.09. The average Bonchev–Trinajstić information content (AvgIpc) is 2.98. The van der Waals surface area contributed by atoms with Crippen LogP contribution in [0.3, 0.4) is 0 Å². The summed E-state index contributed by atoms with van der Waals surface area (Å²) in [6, 6.07) is 0.555. The number of imidazole rings is 1. The van der Waals surface area contributed by atoms with Gasteiger partial charge in [0.05, 0.1) is 6.54 Å². The van der Waals surface area contributed by atoms with Gasteiger partial charge >= 0.3 is 0 Å². The van der Waals surface area contributed by atoms with Crippen molar-refractivity contribution in [2.75, 3.05) is 7.05 Å². The summed E-state index contributed by atoms with van der Waals surface area (Å²) in [5.74, 6) is 3.50. The van der Waals surface area contributed by atoms with Crippen molar-refractivity contribution in [1.82, 2.24) is 20.2 Å². The van der Waals surface area contributed by atoms with Crippen LogP contribution in [0.4, 0.5) is 0 Å². The lowest BCUT2D eigenvalue weighted by Crippen LogP contribution is -2.44. The maximum absolute atomic E-state index is 4.46. The molecule has 0 radical (unpaired) electrons. The van der Waals surface area contributed by atoms with Gasteiger partial charge in [0.1, 0.15) is 5.82 Å². The van der Waals surface area contributed by atoms with E-state index in [1.54, 1.807) is 0 Å². The summed E-state index contributed by atoms with van der Waals surface area (Å²) in [6.07, 6.45) is 10.4. The number of hydrogen-bond acceptors (Lipinski definition) is 2. The Labute approximate surface area is 141 Å². The lowest BCUT2D eigenvalue weighted by Gasteiger charge is -2.29. The zero-order chi connectivity index (χ0) is 16.7. The van der Waals surface area contributed by atoms with Crippen molar-refractivity contribution in [2.45, 2.75) is 72.0 Å². The van der Waals surface area contributed by atoms with E-state index in [1.807, 2.05) is 13.2 Å². The fourth-order valence-corrected chi connectivity index (χ4v) is 3.33. The number of hydrogen-bond donors (Lipinski definition) is 2. The molecule has 1 aromatic rings. The van der Waals surface area contributed by atoms with E-state index >= 15 is 0 Å². The molecule has 0 saturated heterocycles. The summed E-state index contributed by atoms with van der Waals surface area (Å²) >= 11 is 0. The van der Waals surface area contributed by atoms with E-state index in [4.69, 9.17) is 0 Å². The highest BCUT2D eigenvalue weighted by Crippen LogP contribution is 2.26. The first-order chi connectivity index (χ1) is 11.1. The SMILES string of the molecule is CCC1CCC(NC(=NC)NCc2nccn2CC(C)C)CC1. The number of aliphatic imine (C=N–C) groups is 1. The van der Waals surface area contributed by atoms with Crippen molar-refractivity contribution < 1.29 is 0 Å². The molecule has 1 aliphatic carbocycles. The highest BCUT2D eigenvalue weighted by molar-refractivity contribution is 5.79. The third-order valence-corrected chi connectivity index (χ3v) is 4.77. The number of nitrogens with one attached hydrogen (secondary N) is 2. The Balaban J connectivity index is 1.81. The normalized spacial score (nSPS) is 22.4. The maximum Gasteiger partial charge on any atom is 0.191 e. The average molecular weight is 319 g/mol. The van der Waals surface area contributed by atoms with Crippen LogP contribution in [0, 0.1) is 11.8 Å². The van der Waals surface area contributed by atoms with Gasteiger partial charge in [-0.25, -0.2) is 4.98 Å². The van der Waals surface area contributed by atoms with Crippen LogP contribution < -0.4 is 10.6 Å². The van der Waals surface area contributed by atoms with E-state index in [0.717, 1.165) is 24.2 Å². The third kappa shape index (κ3) is 5.56. The van der Waals surface area contributed by atoms with Crippen LogP contribution in [-0.4, -0.2) is 28.6 Å². The van der Waals surface area contributed by atoms with E-state index < -0.39 is 0 Å². The zero-order valence-corrected chi connectivity index (χ0v) is 15.2. The molecule has 2 rings (SSSR count). The second kappa shape index (κ2) is 8.94. The molecule has 0 atom stereocenters. The molecule has 0 spiro atoms. The van der Waals surface area contributed by atoms with Gasteiger partial charge in [0.15, 0.2) is 5.96 Å². The van der Waals surface area contributed by atoms with E-state index in [0.29, 0.717) is 18.5 Å². The van der Waals surface area contributed by atoms with Gasteiger partial charge in [0.25, 0.3) is 0 Å². The maximum atomic E-state index is 4.46. The molecule has 130 valence electrons. The molecule has 0 aliphatic heterocycles. The highest BCUT2D eigenvalue weighted by atomic mass is 15.2. The summed E-state index contributed by atoms with van der Waals surface area (Å²) in [5.41, 5.74) is 0. The molecule has 23 heavy (non-hydrogen) atoms. The van der Waals surface area contributed by atoms with Gasteiger partial charge < -0.3 is 15.2 Å². The van der Waals surface area contributed by atoms with E-state index in [9.17, 15) is 0 Å². The van der Waals surface area contributed by atoms with Gasteiger partial charge in [-0.3, -0.25) is 4.99 Å². The van der Waals surface area contributed by atoms with Crippen LogP contribution >= 0.6 is 0 Å². The molecule has 0 aromatic carbocycles. The minimum Gasteiger partial charge on any atom is -0.354 e. The second-order valence-electron chi connectivity index (χ2n) is 7.09. The molecule has 1 saturated carbocycles. The Morgan fingerprint density at radius 3 is 2.70 bits per heavy atom. The first kappa shape index (κ1) is 17.8. The van der Waals surface area contributed by atoms with Gasteiger partial charge in [0, 0.05) is 32.0 Å². The van der Waals surface area contributed by atoms with Crippen molar-refractivity contribution in [3.63, 3.8) is 0 Å². The smallest absolute Gasteiger partial charge is 0.191 e. The lowest BCUT2D eigenvalue weighted by molar-refractivity contribution is 0.304. The monoisotopic (exact) mass is 319 g/mol. The van der Waals surface area contributed by atoms with E-state index in [1.165, 1.54) is 32.1 Å². The molecule has 0 bridgehead atoms. The molecule has 0 amide bonds. The number of aromatic nitrogens is 2. The molecule has 0 unspecified atom stereocenters. The summed E-state index contributed by atoms with van der Waals surface area (Å²) < 4.78 is 2.22. The minimum atomic E-state index is 0.555. The Morgan fingerprint density at radius 2 is 2.09 bits per heavy atom. The predicted octanol–water partition coefficient (Wildman–Crippen LogP) is 3.17. The summed E-state index contributed by atoms with van der Waals surface area (Å²) in [7, 11) is 1.84. The van der Waals surface area contributed by atoms with Crippen LogP contribution in [0.25, 0.3) is 0 Å². The van der Waals surface area contributed by atoms with Crippen molar-refractivity contribution in [2.24, 2.45) is 16.8 Å². The lowest BCUT2D eigenvalue weighted by atomic mass is 9.84. The fourth-order valence-electron chi connectivity index (χ4n) is 3.33. The number of guanidine groups is 1. The van der Waals surface area contributed by atoms with Gasteiger partial charge in [-0.1, -0.05) is 27.2 Å². The van der Waals surface area contributed by atoms with Gasteiger partial charge in [-0.15, -0.1) is 0 Å². The molecule has 1 aliphatic rings. The fraction of sp³-hybridized carbons (Fsp3) is 0.778. The van der Waals surface area contributed by atoms with Crippen molar-refractivity contribution in [3.05, 3.63) is 18.2 Å². The largest absolute Gasteiger partial charge is 0.354 e. The van der Waals surface area contributed by atoms with Crippen LogP contribution in [0.1, 0.15) is 58.7 Å². The van der Waals surface area contributed by atoms with Crippen molar-refractivity contribution in [1.29, 1.82) is 0 Å². The van der Waals surface area contributed by atoms with Crippen LogP contribution in [-0.2, 0) is 13.1 Å². The number of nitrogens with zero attached hydrogens (tertiary/aromatic N) is 3. The third-order valence-electron chi connectivity index (χ3n) is 4.77. The highest BCUT2D eigenvalue weighted by Gasteiger charge is 2.20. The van der Waals surface area contributed by atoms with Crippen LogP contribution in [0.15, 0.2) is 17.4 Å². The van der Waals surface area contributed by atoms with Gasteiger partial charge in [-0.2, -0.15) is 0 Å². The van der Waals surface area contributed by atoms with Crippen molar-refractivity contribution in [3.8, 4) is 0 Å². The Kier molecular flexibility index (Phi) is 6.93. The topological polar surface area (TPSA) is 54.2 Å².